The number of hydrogen-bond donors (Lipinski definition) is 1. The number of aliphatic hydroxyl groups is 1. The number of aliphatic hydroxyl groups excluding tert-OH is 1. The van der Waals surface area contributed by atoms with Gasteiger partial charge in [0.25, 0.3) is 0 Å². The van der Waals surface area contributed by atoms with E-state index in [0.29, 0.717) is 12.1 Å². The Bertz CT molecular complexity index is 587. The van der Waals surface area contributed by atoms with Crippen LogP contribution in [-0.2, 0) is 6.54 Å². The number of rotatable bonds is 6. The second-order valence-electron chi connectivity index (χ2n) is 5.50. The van der Waals surface area contributed by atoms with Crippen LogP contribution in [0.2, 0.25) is 0 Å². The zero-order chi connectivity index (χ0) is 15.4. The monoisotopic (exact) mass is 308 g/mol. The maximum atomic E-state index is 13.7. The van der Waals surface area contributed by atoms with Crippen LogP contribution >= 0.6 is 11.3 Å². The number of halogens is 1. The molecular weight excluding hydrogens is 287 g/mol. The molecule has 2 rings (SSSR count). The third kappa shape index (κ3) is 4.09. The molecule has 21 heavy (non-hydrogen) atoms. The lowest BCUT2D eigenvalue weighted by atomic mass is 9.96. The van der Waals surface area contributed by atoms with Gasteiger partial charge in [0.05, 0.1) is 17.3 Å². The van der Waals surface area contributed by atoms with Gasteiger partial charge in [0.1, 0.15) is 5.82 Å². The molecule has 1 aromatic heterocycles. The van der Waals surface area contributed by atoms with Crippen LogP contribution in [0.3, 0.4) is 0 Å². The molecular formula is C16H21FN2OS. The molecule has 2 atom stereocenters. The van der Waals surface area contributed by atoms with Crippen LogP contribution in [0, 0.1) is 18.7 Å². The first kappa shape index (κ1) is 16.1. The number of thiazole rings is 1. The molecule has 1 heterocycles. The molecule has 1 aromatic carbocycles. The summed E-state index contributed by atoms with van der Waals surface area (Å²) in [4.78, 5) is 7.60. The van der Waals surface area contributed by atoms with Crippen LogP contribution in [0.1, 0.15) is 29.2 Å². The highest BCUT2D eigenvalue weighted by molar-refractivity contribution is 7.09. The average Bonchev–Trinajstić information content (AvgIpc) is 2.84. The Kier molecular flexibility index (Phi) is 5.45. The molecule has 0 saturated heterocycles. The van der Waals surface area contributed by atoms with Crippen molar-refractivity contribution in [3.05, 3.63) is 51.7 Å². The second kappa shape index (κ2) is 7.11. The molecule has 3 nitrogen and oxygen atoms in total. The highest BCUT2D eigenvalue weighted by atomic mass is 32.1. The molecule has 0 aliphatic heterocycles. The Labute approximate surface area is 129 Å². The van der Waals surface area contributed by atoms with Crippen LogP contribution in [0.25, 0.3) is 0 Å². The molecule has 2 aromatic rings. The summed E-state index contributed by atoms with van der Waals surface area (Å²) in [6.45, 7) is 5.42. The molecule has 0 aliphatic carbocycles. The van der Waals surface area contributed by atoms with E-state index in [2.05, 4.69) is 9.88 Å². The number of aromatic nitrogens is 1. The molecule has 0 amide bonds. The minimum Gasteiger partial charge on any atom is -0.388 e. The van der Waals surface area contributed by atoms with Crippen LogP contribution < -0.4 is 0 Å². The smallest absolute Gasteiger partial charge is 0.129 e. The summed E-state index contributed by atoms with van der Waals surface area (Å²) in [5.74, 6) is -0.405. The SMILES string of the molecule is Cc1ncsc1CN(C)CC(C)C(O)c1ccccc1F. The average molecular weight is 308 g/mol. The van der Waals surface area contributed by atoms with Crippen molar-refractivity contribution in [2.24, 2.45) is 5.92 Å². The van der Waals surface area contributed by atoms with Gasteiger partial charge in [-0.15, -0.1) is 11.3 Å². The van der Waals surface area contributed by atoms with Crippen molar-refractivity contribution >= 4 is 11.3 Å². The van der Waals surface area contributed by atoms with Gasteiger partial charge in [0.15, 0.2) is 0 Å². The second-order valence-corrected chi connectivity index (χ2v) is 6.44. The number of nitrogens with zero attached hydrogens (tertiary/aromatic N) is 2. The first-order chi connectivity index (χ1) is 9.99. The van der Waals surface area contributed by atoms with Crippen molar-refractivity contribution in [2.75, 3.05) is 13.6 Å². The van der Waals surface area contributed by atoms with Crippen molar-refractivity contribution < 1.29 is 9.50 Å². The summed E-state index contributed by atoms with van der Waals surface area (Å²) in [6.07, 6.45) is -0.795. The number of benzene rings is 1. The van der Waals surface area contributed by atoms with Gasteiger partial charge < -0.3 is 10.0 Å². The fourth-order valence-electron chi connectivity index (χ4n) is 2.40. The van der Waals surface area contributed by atoms with Gasteiger partial charge in [0.2, 0.25) is 0 Å². The maximum absolute atomic E-state index is 13.7. The number of aryl methyl sites for hydroxylation is 1. The van der Waals surface area contributed by atoms with Crippen molar-refractivity contribution in [1.82, 2.24) is 9.88 Å². The van der Waals surface area contributed by atoms with Crippen molar-refractivity contribution in [3.8, 4) is 0 Å². The molecule has 0 bridgehead atoms. The normalized spacial score (nSPS) is 14.4. The van der Waals surface area contributed by atoms with E-state index in [-0.39, 0.29) is 11.7 Å². The van der Waals surface area contributed by atoms with Gasteiger partial charge in [-0.25, -0.2) is 9.37 Å². The Morgan fingerprint density at radius 3 is 2.71 bits per heavy atom. The Morgan fingerprint density at radius 2 is 2.10 bits per heavy atom. The third-order valence-electron chi connectivity index (χ3n) is 3.62. The molecule has 2 unspecified atom stereocenters. The van der Waals surface area contributed by atoms with Crippen molar-refractivity contribution in [2.45, 2.75) is 26.5 Å². The molecule has 1 N–H and O–H groups in total. The van der Waals surface area contributed by atoms with Crippen LogP contribution in [0.15, 0.2) is 29.8 Å². The number of hydrogen-bond acceptors (Lipinski definition) is 4. The maximum Gasteiger partial charge on any atom is 0.129 e. The minimum atomic E-state index is -0.795. The topological polar surface area (TPSA) is 36.4 Å². The van der Waals surface area contributed by atoms with Crippen molar-refractivity contribution in [3.63, 3.8) is 0 Å². The fourth-order valence-corrected chi connectivity index (χ4v) is 3.26. The van der Waals surface area contributed by atoms with Crippen LogP contribution in [-0.4, -0.2) is 28.6 Å². The van der Waals surface area contributed by atoms with Gasteiger partial charge in [-0.1, -0.05) is 25.1 Å². The highest BCUT2D eigenvalue weighted by Crippen LogP contribution is 2.25. The first-order valence-corrected chi connectivity index (χ1v) is 7.87. The minimum absolute atomic E-state index is 0.0554. The van der Waals surface area contributed by atoms with Gasteiger partial charge in [-0.2, -0.15) is 0 Å². The summed E-state index contributed by atoms with van der Waals surface area (Å²) >= 11 is 1.64. The lowest BCUT2D eigenvalue weighted by Gasteiger charge is -2.25. The van der Waals surface area contributed by atoms with E-state index < -0.39 is 6.10 Å². The quantitative estimate of drug-likeness (QED) is 0.888. The Hall–Kier alpha value is -1.30. The van der Waals surface area contributed by atoms with Crippen LogP contribution in [0.5, 0.6) is 0 Å². The van der Waals surface area contributed by atoms with E-state index in [9.17, 15) is 9.50 Å². The Morgan fingerprint density at radius 1 is 1.38 bits per heavy atom. The van der Waals surface area contributed by atoms with Gasteiger partial charge >= 0.3 is 0 Å². The highest BCUT2D eigenvalue weighted by Gasteiger charge is 2.21. The predicted octanol–water partition coefficient (Wildman–Crippen LogP) is 3.39. The van der Waals surface area contributed by atoms with E-state index in [1.54, 1.807) is 29.5 Å². The van der Waals surface area contributed by atoms with E-state index in [1.807, 2.05) is 26.4 Å². The molecule has 5 heteroatoms. The van der Waals surface area contributed by atoms with E-state index in [1.165, 1.54) is 10.9 Å². The molecule has 0 saturated carbocycles. The lowest BCUT2D eigenvalue weighted by molar-refractivity contribution is 0.0903. The van der Waals surface area contributed by atoms with Gasteiger partial charge in [-0.05, 0) is 26.0 Å². The molecule has 114 valence electrons. The van der Waals surface area contributed by atoms with E-state index >= 15 is 0 Å². The first-order valence-electron chi connectivity index (χ1n) is 6.99. The summed E-state index contributed by atoms with van der Waals surface area (Å²) < 4.78 is 13.7. The summed E-state index contributed by atoms with van der Waals surface area (Å²) in [5.41, 5.74) is 3.26. The molecule has 0 aliphatic rings. The van der Waals surface area contributed by atoms with E-state index in [0.717, 1.165) is 12.2 Å². The summed E-state index contributed by atoms with van der Waals surface area (Å²) in [7, 11) is 2.00. The standard InChI is InChI=1S/C16H21FN2OS/c1-11(16(20)13-6-4-5-7-14(13)17)8-19(3)9-15-12(2)18-10-21-15/h4-7,10-11,16,20H,8-9H2,1-3H3. The summed E-state index contributed by atoms with van der Waals surface area (Å²) in [6, 6.07) is 6.41. The zero-order valence-corrected chi connectivity index (χ0v) is 13.4. The summed E-state index contributed by atoms with van der Waals surface area (Å²) in [5, 5.41) is 10.3. The van der Waals surface area contributed by atoms with Crippen LogP contribution in [0.4, 0.5) is 4.39 Å². The van der Waals surface area contributed by atoms with Crippen molar-refractivity contribution in [1.29, 1.82) is 0 Å². The van der Waals surface area contributed by atoms with E-state index in [4.69, 9.17) is 0 Å². The molecule has 0 fully saturated rings. The van der Waals surface area contributed by atoms with Gasteiger partial charge in [-0.3, -0.25) is 0 Å². The van der Waals surface area contributed by atoms with Gasteiger partial charge in [0, 0.05) is 23.5 Å². The largest absolute Gasteiger partial charge is 0.388 e. The lowest BCUT2D eigenvalue weighted by Crippen LogP contribution is -2.27. The fraction of sp³-hybridized carbons (Fsp3) is 0.438. The molecule has 0 spiro atoms. The Balaban J connectivity index is 1.96. The third-order valence-corrected chi connectivity index (χ3v) is 4.54. The molecule has 0 radical (unpaired) electrons. The zero-order valence-electron chi connectivity index (χ0n) is 12.6. The predicted molar refractivity (Wildman–Crippen MR) is 83.7 cm³/mol.